The van der Waals surface area contributed by atoms with Gasteiger partial charge in [-0.15, -0.1) is 0 Å². The van der Waals surface area contributed by atoms with Gasteiger partial charge in [-0.3, -0.25) is 9.69 Å². The van der Waals surface area contributed by atoms with Gasteiger partial charge in [-0.25, -0.2) is 4.79 Å². The van der Waals surface area contributed by atoms with Crippen LogP contribution in [0.1, 0.15) is 22.7 Å². The van der Waals surface area contributed by atoms with Crippen molar-refractivity contribution in [1.82, 2.24) is 9.80 Å². The number of likely N-dealkylation sites (tertiary alicyclic amines) is 1. The minimum absolute atomic E-state index is 0.0828. The Morgan fingerprint density at radius 2 is 1.47 bits per heavy atom. The summed E-state index contributed by atoms with van der Waals surface area (Å²) in [6.07, 6.45) is 3.28. The molecule has 0 saturated carbocycles. The van der Waals surface area contributed by atoms with Gasteiger partial charge in [0, 0.05) is 13.1 Å². The van der Waals surface area contributed by atoms with Gasteiger partial charge in [0.15, 0.2) is 5.54 Å². The van der Waals surface area contributed by atoms with Crippen molar-refractivity contribution in [3.63, 3.8) is 0 Å². The summed E-state index contributed by atoms with van der Waals surface area (Å²) in [5.74, 6) is -0.0828. The van der Waals surface area contributed by atoms with E-state index in [1.165, 1.54) is 0 Å². The van der Waals surface area contributed by atoms with Gasteiger partial charge >= 0.3 is 6.09 Å². The van der Waals surface area contributed by atoms with Crippen molar-refractivity contribution in [3.05, 3.63) is 120 Å². The minimum atomic E-state index is -1.05. The Hall–Kier alpha value is -3.86. The quantitative estimate of drug-likeness (QED) is 0.440. The molecule has 1 saturated heterocycles. The van der Waals surface area contributed by atoms with Gasteiger partial charge in [0.05, 0.1) is 6.04 Å². The highest BCUT2D eigenvalue weighted by molar-refractivity contribution is 6.00. The first-order valence-corrected chi connectivity index (χ1v) is 10.8. The fourth-order valence-corrected chi connectivity index (χ4v) is 4.68. The predicted molar refractivity (Wildman–Crippen MR) is 121 cm³/mol. The average Bonchev–Trinajstić information content (AvgIpc) is 3.31. The summed E-state index contributed by atoms with van der Waals surface area (Å²) in [4.78, 5) is 30.1. The van der Waals surface area contributed by atoms with Crippen LogP contribution in [0, 0.1) is 0 Å². The number of ether oxygens (including phenoxy) is 1. The van der Waals surface area contributed by atoms with E-state index in [1.54, 1.807) is 4.90 Å². The molecule has 0 aromatic heterocycles. The van der Waals surface area contributed by atoms with Crippen LogP contribution in [-0.2, 0) is 22.7 Å². The van der Waals surface area contributed by atoms with Crippen molar-refractivity contribution in [2.75, 3.05) is 6.54 Å². The standard InChI is InChI=1S/C27H24N2O3/c30-25-27(17-10-18-29(27)26(31)32-20-22-13-6-2-7-14-22)24(23-15-8-3-9-16-23)28(25)19-21-11-4-1-5-12-21/h1-17,24H,18-20H2/t24-,27+/m1/s1. The zero-order valence-electron chi connectivity index (χ0n) is 17.6. The number of hydrogen-bond donors (Lipinski definition) is 0. The van der Waals surface area contributed by atoms with E-state index in [9.17, 15) is 9.59 Å². The smallest absolute Gasteiger partial charge is 0.411 e. The number of hydrogen-bond acceptors (Lipinski definition) is 3. The number of nitrogens with zero attached hydrogens (tertiary/aromatic N) is 2. The van der Waals surface area contributed by atoms with E-state index >= 15 is 0 Å². The molecule has 32 heavy (non-hydrogen) atoms. The molecular formula is C27H24N2O3. The molecule has 1 spiro atoms. The number of amides is 2. The van der Waals surface area contributed by atoms with Gasteiger partial charge in [0.1, 0.15) is 6.61 Å². The van der Waals surface area contributed by atoms with Crippen LogP contribution < -0.4 is 0 Å². The minimum Gasteiger partial charge on any atom is -0.445 e. The highest BCUT2D eigenvalue weighted by Gasteiger charge is 2.65. The monoisotopic (exact) mass is 424 g/mol. The second-order valence-corrected chi connectivity index (χ2v) is 8.11. The molecule has 160 valence electrons. The molecule has 1 fully saturated rings. The molecule has 5 heteroatoms. The molecule has 5 rings (SSSR count). The SMILES string of the molecule is O=C(OCc1ccccc1)N1CC=C[C@]12C(=O)N(Cc1ccccc1)[C@@H]2c1ccccc1. The molecule has 0 unspecified atom stereocenters. The molecule has 2 heterocycles. The highest BCUT2D eigenvalue weighted by atomic mass is 16.6. The van der Waals surface area contributed by atoms with Crippen LogP contribution in [0.15, 0.2) is 103 Å². The van der Waals surface area contributed by atoms with Crippen molar-refractivity contribution in [3.8, 4) is 0 Å². The van der Waals surface area contributed by atoms with Crippen molar-refractivity contribution >= 4 is 12.0 Å². The second kappa shape index (κ2) is 8.35. The first kappa shape index (κ1) is 20.1. The number of β-lactam (4-membered cyclic amide) rings is 1. The first-order valence-electron chi connectivity index (χ1n) is 10.8. The van der Waals surface area contributed by atoms with E-state index in [0.29, 0.717) is 13.1 Å². The van der Waals surface area contributed by atoms with E-state index in [4.69, 9.17) is 4.74 Å². The molecule has 2 atom stereocenters. The molecule has 2 aliphatic rings. The molecule has 3 aromatic rings. The second-order valence-electron chi connectivity index (χ2n) is 8.11. The third-order valence-electron chi connectivity index (χ3n) is 6.18. The molecule has 2 amide bonds. The molecule has 3 aromatic carbocycles. The van der Waals surface area contributed by atoms with E-state index < -0.39 is 11.6 Å². The van der Waals surface area contributed by atoms with Crippen molar-refractivity contribution in [2.24, 2.45) is 0 Å². The zero-order valence-corrected chi connectivity index (χ0v) is 17.6. The van der Waals surface area contributed by atoms with Crippen LogP contribution in [0.5, 0.6) is 0 Å². The van der Waals surface area contributed by atoms with E-state index in [0.717, 1.165) is 16.7 Å². The summed E-state index contributed by atoms with van der Waals surface area (Å²) in [5, 5.41) is 0. The fourth-order valence-electron chi connectivity index (χ4n) is 4.68. The number of rotatable bonds is 5. The van der Waals surface area contributed by atoms with Crippen molar-refractivity contribution in [1.29, 1.82) is 0 Å². The lowest BCUT2D eigenvalue weighted by Gasteiger charge is -2.57. The lowest BCUT2D eigenvalue weighted by molar-refractivity contribution is -0.169. The van der Waals surface area contributed by atoms with E-state index in [-0.39, 0.29) is 18.6 Å². The first-order chi connectivity index (χ1) is 15.7. The van der Waals surface area contributed by atoms with Crippen LogP contribution in [-0.4, -0.2) is 33.9 Å². The predicted octanol–water partition coefficient (Wildman–Crippen LogP) is 4.72. The number of benzene rings is 3. The molecule has 0 radical (unpaired) electrons. The van der Waals surface area contributed by atoms with Gasteiger partial charge in [-0.2, -0.15) is 0 Å². The average molecular weight is 425 g/mol. The summed E-state index contributed by atoms with van der Waals surface area (Å²) in [6, 6.07) is 29.1. The maximum atomic E-state index is 13.6. The molecule has 0 aliphatic carbocycles. The topological polar surface area (TPSA) is 49.9 Å². The molecule has 5 nitrogen and oxygen atoms in total. The third-order valence-corrected chi connectivity index (χ3v) is 6.18. The van der Waals surface area contributed by atoms with Crippen LogP contribution in [0.3, 0.4) is 0 Å². The number of carbonyl (C=O) groups excluding carboxylic acids is 2. The molecule has 2 aliphatic heterocycles. The van der Waals surface area contributed by atoms with Crippen LogP contribution in [0.2, 0.25) is 0 Å². The summed E-state index contributed by atoms with van der Waals surface area (Å²) in [6.45, 7) is 1.01. The van der Waals surface area contributed by atoms with Gasteiger partial charge in [0.25, 0.3) is 5.91 Å². The van der Waals surface area contributed by atoms with Gasteiger partial charge in [-0.1, -0.05) is 97.1 Å². The Labute approximate surface area is 187 Å². The molecule has 0 bridgehead atoms. The normalized spacial score (nSPS) is 21.6. The summed E-state index contributed by atoms with van der Waals surface area (Å²) in [5.41, 5.74) is 1.91. The largest absolute Gasteiger partial charge is 0.445 e. The maximum absolute atomic E-state index is 13.6. The summed E-state index contributed by atoms with van der Waals surface area (Å²) >= 11 is 0. The third kappa shape index (κ3) is 3.36. The number of carbonyl (C=O) groups is 2. The Bertz CT molecular complexity index is 1130. The van der Waals surface area contributed by atoms with Gasteiger partial charge < -0.3 is 9.64 Å². The Morgan fingerprint density at radius 1 is 0.875 bits per heavy atom. The Balaban J connectivity index is 1.43. The summed E-state index contributed by atoms with van der Waals surface area (Å²) < 4.78 is 5.61. The Morgan fingerprint density at radius 3 is 2.12 bits per heavy atom. The van der Waals surface area contributed by atoms with Gasteiger partial charge in [0.2, 0.25) is 0 Å². The molecular weight excluding hydrogens is 400 g/mol. The summed E-state index contributed by atoms with van der Waals surface area (Å²) in [7, 11) is 0. The zero-order chi connectivity index (χ0) is 22.0. The van der Waals surface area contributed by atoms with E-state index in [2.05, 4.69) is 0 Å². The molecule has 0 N–H and O–H groups in total. The fraction of sp³-hybridized carbons (Fsp3) is 0.185. The van der Waals surface area contributed by atoms with E-state index in [1.807, 2.05) is 108 Å². The van der Waals surface area contributed by atoms with Gasteiger partial charge in [-0.05, 0) is 22.8 Å². The van der Waals surface area contributed by atoms with Crippen LogP contribution >= 0.6 is 0 Å². The Kier molecular flexibility index (Phi) is 5.23. The van der Waals surface area contributed by atoms with Crippen molar-refractivity contribution in [2.45, 2.75) is 24.7 Å². The highest BCUT2D eigenvalue weighted by Crippen LogP contribution is 2.51. The lowest BCUT2D eigenvalue weighted by atomic mass is 9.74. The van der Waals surface area contributed by atoms with Crippen LogP contribution in [0.4, 0.5) is 4.79 Å². The maximum Gasteiger partial charge on any atom is 0.411 e. The van der Waals surface area contributed by atoms with Crippen molar-refractivity contribution < 1.29 is 14.3 Å². The lowest BCUT2D eigenvalue weighted by Crippen LogP contribution is -2.73. The van der Waals surface area contributed by atoms with Crippen LogP contribution in [0.25, 0.3) is 0 Å².